The zero-order valence-corrected chi connectivity index (χ0v) is 28.8. The molecule has 1 N–H and O–H groups in total. The third-order valence-corrected chi connectivity index (χ3v) is 10.4. The van der Waals surface area contributed by atoms with Crippen LogP contribution in [0.25, 0.3) is 22.0 Å². The van der Waals surface area contributed by atoms with Crippen LogP contribution in [0, 0.1) is 19.3 Å². The van der Waals surface area contributed by atoms with Crippen LogP contribution >= 0.6 is 15.9 Å². The van der Waals surface area contributed by atoms with Crippen molar-refractivity contribution in [2.24, 2.45) is 5.41 Å². The molecule has 1 unspecified atom stereocenters. The fourth-order valence-electron chi connectivity index (χ4n) is 7.49. The number of carbonyl (C=O) groups is 3. The molecule has 12 nitrogen and oxygen atoms in total. The largest absolute Gasteiger partial charge is 0.370 e. The second-order valence-electron chi connectivity index (χ2n) is 13.3. The molecule has 3 aliphatic heterocycles. The predicted molar refractivity (Wildman–Crippen MR) is 183 cm³/mol. The van der Waals surface area contributed by atoms with Crippen molar-refractivity contribution < 1.29 is 19.1 Å². The number of fused-ring (bicyclic) bond motifs is 6. The van der Waals surface area contributed by atoms with Crippen LogP contribution in [0.3, 0.4) is 0 Å². The van der Waals surface area contributed by atoms with Gasteiger partial charge in [-0.25, -0.2) is 15.0 Å². The Balaban J connectivity index is 1.15. The first-order valence-corrected chi connectivity index (χ1v) is 17.0. The Morgan fingerprint density at radius 2 is 1.84 bits per heavy atom. The van der Waals surface area contributed by atoms with Crippen LogP contribution in [0.15, 0.2) is 59.6 Å². The van der Waals surface area contributed by atoms with Crippen molar-refractivity contribution in [3.63, 3.8) is 0 Å². The van der Waals surface area contributed by atoms with Gasteiger partial charge in [-0.15, -0.1) is 0 Å². The Bertz CT molecular complexity index is 2170. The molecule has 0 radical (unpaired) electrons. The maximum absolute atomic E-state index is 14.4. The molecule has 1 saturated heterocycles. The molecule has 1 aliphatic carbocycles. The monoisotopic (exact) mass is 720 g/mol. The highest BCUT2D eigenvalue weighted by Gasteiger charge is 2.66. The highest BCUT2D eigenvalue weighted by atomic mass is 79.9. The number of hydrogen-bond acceptors (Lipinski definition) is 9. The summed E-state index contributed by atoms with van der Waals surface area (Å²) in [5.41, 5.74) is 5.83. The second-order valence-corrected chi connectivity index (χ2v) is 14.1. The Hall–Kier alpha value is -4.88. The van der Waals surface area contributed by atoms with Crippen molar-refractivity contribution in [1.29, 1.82) is 0 Å². The van der Waals surface area contributed by atoms with E-state index < -0.39 is 6.04 Å². The van der Waals surface area contributed by atoms with Gasteiger partial charge in [-0.3, -0.25) is 24.0 Å². The Kier molecular flexibility index (Phi) is 7.63. The van der Waals surface area contributed by atoms with Crippen LogP contribution in [-0.2, 0) is 40.5 Å². The molecule has 2 amide bonds. The number of carbonyl (C=O) groups excluding carboxylic acids is 3. The molecule has 1 aromatic carbocycles. The first-order chi connectivity index (χ1) is 23.6. The highest BCUT2D eigenvalue weighted by molar-refractivity contribution is 9.10. The van der Waals surface area contributed by atoms with E-state index in [4.69, 9.17) is 4.74 Å². The van der Waals surface area contributed by atoms with E-state index in [1.54, 1.807) is 28.0 Å². The predicted octanol–water partition coefficient (Wildman–Crippen LogP) is 5.14. The molecule has 2 fully saturated rings. The smallest absolute Gasteiger partial charge is 0.248 e. The number of nitrogens with one attached hydrogen (secondary N) is 1. The third-order valence-electron chi connectivity index (χ3n) is 9.91. The molecular weight excluding hydrogens is 688 g/mol. The molecule has 248 valence electrons. The molecule has 7 heterocycles. The standard InChI is InChI=1S/C36H33BrN8O4/c1-19-8-24(25-14-38-21(3)39-15-25)9-27-32(20(2)46)43-44(33(19)27)16-31(47)45-28-11-36(12-29(36)45)10-22-4-6-26(40-13-22)18-49-17-23-5-7-30(37)41-34(23)42-35(28)48/h4-9,13-15,28-29H,10-12,16-18H2,1-3H3,(H,41,42,48)/t28?,29-,36+/m1/s1. The van der Waals surface area contributed by atoms with Gasteiger partial charge in [0.1, 0.15) is 34.5 Å². The van der Waals surface area contributed by atoms with Crippen LogP contribution in [0.5, 0.6) is 0 Å². The maximum atomic E-state index is 14.4. The molecule has 5 aromatic rings. The van der Waals surface area contributed by atoms with Gasteiger partial charge in [0, 0.05) is 48.1 Å². The Labute approximate surface area is 290 Å². The number of amides is 2. The van der Waals surface area contributed by atoms with Crippen molar-refractivity contribution in [1.82, 2.24) is 34.6 Å². The summed E-state index contributed by atoms with van der Waals surface area (Å²) in [6, 6.07) is 10.7. The van der Waals surface area contributed by atoms with Crippen LogP contribution in [0.1, 0.15) is 58.5 Å². The van der Waals surface area contributed by atoms with E-state index in [1.807, 2.05) is 44.3 Å². The van der Waals surface area contributed by atoms with Crippen molar-refractivity contribution in [3.05, 3.63) is 93.5 Å². The number of halogens is 1. The van der Waals surface area contributed by atoms with Crippen molar-refractivity contribution in [2.45, 2.75) is 71.9 Å². The fourth-order valence-corrected chi connectivity index (χ4v) is 7.80. The molecular formula is C36H33BrN8O4. The maximum Gasteiger partial charge on any atom is 0.248 e. The van der Waals surface area contributed by atoms with Gasteiger partial charge >= 0.3 is 0 Å². The lowest BCUT2D eigenvalue weighted by Gasteiger charge is -2.27. The summed E-state index contributed by atoms with van der Waals surface area (Å²) in [4.78, 5) is 60.9. The SMILES string of the molecule is CC(=O)c1nn(CC(=O)N2C3C[C@@]4(Cc5ccc(nc5)COCc5ccc(Br)nc5NC3=O)C[C@@H]24)c2c(C)cc(-c3cnc(C)nc3)cc12. The number of pyridine rings is 2. The van der Waals surface area contributed by atoms with Crippen LogP contribution in [0.2, 0.25) is 0 Å². The number of hydrogen-bond donors (Lipinski definition) is 1. The minimum absolute atomic E-state index is 0.120. The second kappa shape index (κ2) is 11.9. The number of likely N-dealkylation sites (tertiary alicyclic amines) is 1. The Morgan fingerprint density at radius 1 is 1.02 bits per heavy atom. The zero-order valence-electron chi connectivity index (χ0n) is 27.2. The van der Waals surface area contributed by atoms with Crippen molar-refractivity contribution >= 4 is 50.2 Å². The molecule has 13 heteroatoms. The van der Waals surface area contributed by atoms with Gasteiger partial charge in [0.2, 0.25) is 11.8 Å². The number of Topliss-reactive ketones (excluding diaryl/α,β-unsaturated/α-hetero) is 1. The first kappa shape index (κ1) is 31.4. The number of rotatable bonds is 4. The number of nitrogens with zero attached hydrogens (tertiary/aromatic N) is 7. The molecule has 1 saturated carbocycles. The van der Waals surface area contributed by atoms with Gasteiger partial charge in [0.15, 0.2) is 5.78 Å². The number of anilines is 1. The fraction of sp³-hybridized carbons (Fsp3) is 0.333. The summed E-state index contributed by atoms with van der Waals surface area (Å²) in [5, 5.41) is 8.34. The normalized spacial score (nSPS) is 21.5. The molecule has 49 heavy (non-hydrogen) atoms. The van der Waals surface area contributed by atoms with E-state index in [-0.39, 0.29) is 47.9 Å². The summed E-state index contributed by atoms with van der Waals surface area (Å²) in [5.74, 6) is 0.303. The molecule has 1 spiro atoms. The number of aryl methyl sites for hydroxylation is 2. The van der Waals surface area contributed by atoms with Crippen molar-refractivity contribution in [2.75, 3.05) is 5.32 Å². The first-order valence-electron chi connectivity index (χ1n) is 16.2. The third kappa shape index (κ3) is 5.70. The van der Waals surface area contributed by atoms with E-state index >= 15 is 0 Å². The van der Waals surface area contributed by atoms with E-state index in [9.17, 15) is 14.4 Å². The summed E-state index contributed by atoms with van der Waals surface area (Å²) >= 11 is 3.42. The van der Waals surface area contributed by atoms with E-state index in [0.29, 0.717) is 52.2 Å². The zero-order chi connectivity index (χ0) is 34.0. The minimum atomic E-state index is -0.721. The van der Waals surface area contributed by atoms with Gasteiger partial charge in [-0.1, -0.05) is 12.1 Å². The quantitative estimate of drug-likeness (QED) is 0.197. The summed E-state index contributed by atoms with van der Waals surface area (Å²) in [7, 11) is 0. The number of ketones is 1. The lowest BCUT2D eigenvalue weighted by atomic mass is 9.92. The average Bonchev–Trinajstić information content (AvgIpc) is 3.46. The molecule has 4 aromatic heterocycles. The molecule has 4 aliphatic rings. The lowest BCUT2D eigenvalue weighted by molar-refractivity contribution is -0.138. The molecule has 9 rings (SSSR count). The van der Waals surface area contributed by atoms with Gasteiger partial charge in [0.25, 0.3) is 0 Å². The number of aromatic nitrogens is 6. The molecule has 3 atom stereocenters. The van der Waals surface area contributed by atoms with Crippen LogP contribution in [-0.4, -0.2) is 64.3 Å². The number of piperidine rings is 1. The molecule has 4 bridgehead atoms. The van der Waals surface area contributed by atoms with Gasteiger partial charge < -0.3 is 15.0 Å². The van der Waals surface area contributed by atoms with E-state index in [2.05, 4.69) is 52.3 Å². The average molecular weight is 722 g/mol. The number of benzene rings is 1. The van der Waals surface area contributed by atoms with Gasteiger partial charge in [-0.2, -0.15) is 5.10 Å². The van der Waals surface area contributed by atoms with E-state index in [0.717, 1.165) is 34.4 Å². The summed E-state index contributed by atoms with van der Waals surface area (Å²) in [6.07, 6.45) is 7.36. The highest BCUT2D eigenvalue weighted by Crippen LogP contribution is 2.61. The summed E-state index contributed by atoms with van der Waals surface area (Å²) in [6.45, 7) is 5.66. The number of ether oxygens (including phenoxy) is 1. The van der Waals surface area contributed by atoms with Gasteiger partial charge in [-0.05, 0) is 95.4 Å². The topological polar surface area (TPSA) is 145 Å². The van der Waals surface area contributed by atoms with Crippen LogP contribution in [0.4, 0.5) is 5.82 Å². The van der Waals surface area contributed by atoms with Gasteiger partial charge in [0.05, 0.1) is 24.4 Å². The van der Waals surface area contributed by atoms with Crippen LogP contribution < -0.4 is 5.32 Å². The lowest BCUT2D eigenvalue weighted by Crippen LogP contribution is -2.47. The van der Waals surface area contributed by atoms with E-state index in [1.165, 1.54) is 6.92 Å². The minimum Gasteiger partial charge on any atom is -0.370 e. The Morgan fingerprint density at radius 3 is 2.59 bits per heavy atom. The van der Waals surface area contributed by atoms with Crippen molar-refractivity contribution in [3.8, 4) is 11.1 Å². The summed E-state index contributed by atoms with van der Waals surface area (Å²) < 4.78 is 8.11.